The molecule has 1 heteroatoms. The van der Waals surface area contributed by atoms with Crippen LogP contribution in [0, 0.1) is 5.92 Å². The van der Waals surface area contributed by atoms with E-state index in [1.807, 2.05) is 18.2 Å². The van der Waals surface area contributed by atoms with Gasteiger partial charge in [0.1, 0.15) is 12.4 Å². The summed E-state index contributed by atoms with van der Waals surface area (Å²) in [5.41, 5.74) is 2.64. The molecule has 0 atom stereocenters. The highest BCUT2D eigenvalue weighted by Crippen LogP contribution is 2.33. The first-order valence-corrected chi connectivity index (χ1v) is 7.16. The van der Waals surface area contributed by atoms with Crippen molar-refractivity contribution >= 4 is 0 Å². The molecule has 1 saturated carbocycles. The van der Waals surface area contributed by atoms with Crippen molar-refractivity contribution in [1.82, 2.24) is 0 Å². The normalized spacial score (nSPS) is 14.3. The first-order chi connectivity index (χ1) is 9.40. The highest BCUT2D eigenvalue weighted by atomic mass is 16.5. The Morgan fingerprint density at radius 3 is 2.26 bits per heavy atom. The van der Waals surface area contributed by atoms with Crippen molar-refractivity contribution < 1.29 is 4.74 Å². The highest BCUT2D eigenvalue weighted by molar-refractivity contribution is 5.28. The highest BCUT2D eigenvalue weighted by Gasteiger charge is 2.20. The van der Waals surface area contributed by atoms with Gasteiger partial charge in [-0.1, -0.05) is 55.3 Å². The van der Waals surface area contributed by atoms with Crippen molar-refractivity contribution in [3.63, 3.8) is 0 Å². The van der Waals surface area contributed by atoms with Gasteiger partial charge in [-0.25, -0.2) is 0 Å². The van der Waals surface area contributed by atoms with E-state index < -0.39 is 0 Å². The lowest BCUT2D eigenvalue weighted by Crippen LogP contribution is -1.95. The van der Waals surface area contributed by atoms with E-state index in [-0.39, 0.29) is 0 Å². The molecule has 1 aliphatic rings. The molecule has 2 aromatic rings. The van der Waals surface area contributed by atoms with E-state index in [0.29, 0.717) is 6.61 Å². The molecule has 0 bridgehead atoms. The van der Waals surface area contributed by atoms with Crippen LogP contribution in [-0.4, -0.2) is 0 Å². The summed E-state index contributed by atoms with van der Waals surface area (Å²) in [6.45, 7) is 0.641. The zero-order valence-electron chi connectivity index (χ0n) is 11.2. The monoisotopic (exact) mass is 252 g/mol. The molecule has 1 nitrogen and oxygen atoms in total. The van der Waals surface area contributed by atoms with Crippen LogP contribution in [-0.2, 0) is 13.0 Å². The zero-order valence-corrected chi connectivity index (χ0v) is 11.2. The Morgan fingerprint density at radius 2 is 1.58 bits per heavy atom. The van der Waals surface area contributed by atoms with Gasteiger partial charge in [-0.2, -0.15) is 0 Å². The third-order valence-electron chi connectivity index (χ3n) is 3.71. The fourth-order valence-electron chi connectivity index (χ4n) is 2.27. The van der Waals surface area contributed by atoms with Crippen molar-refractivity contribution in [1.29, 1.82) is 0 Å². The Morgan fingerprint density at radius 1 is 0.842 bits per heavy atom. The number of ether oxygens (including phenoxy) is 1. The van der Waals surface area contributed by atoms with E-state index >= 15 is 0 Å². The van der Waals surface area contributed by atoms with Gasteiger partial charge in [0.2, 0.25) is 0 Å². The van der Waals surface area contributed by atoms with E-state index in [0.717, 1.165) is 11.7 Å². The number of hydrogen-bond acceptors (Lipinski definition) is 1. The summed E-state index contributed by atoms with van der Waals surface area (Å²) in [6, 6.07) is 18.9. The number of rotatable bonds is 6. The summed E-state index contributed by atoms with van der Waals surface area (Å²) in [5.74, 6) is 1.97. The predicted molar refractivity (Wildman–Crippen MR) is 78.3 cm³/mol. The molecule has 1 fully saturated rings. The second kappa shape index (κ2) is 5.92. The second-order valence-corrected chi connectivity index (χ2v) is 5.40. The SMILES string of the molecule is c1ccc(COc2ccc(CCC3CC3)cc2)cc1. The van der Waals surface area contributed by atoms with Crippen molar-refractivity contribution in [3.8, 4) is 5.75 Å². The largest absolute Gasteiger partial charge is 0.489 e. The predicted octanol–water partition coefficient (Wildman–Crippen LogP) is 4.61. The van der Waals surface area contributed by atoms with Gasteiger partial charge >= 0.3 is 0 Å². The average molecular weight is 252 g/mol. The Labute approximate surface area is 115 Å². The molecule has 0 unspecified atom stereocenters. The van der Waals surface area contributed by atoms with Gasteiger partial charge in [0, 0.05) is 0 Å². The minimum absolute atomic E-state index is 0.641. The minimum Gasteiger partial charge on any atom is -0.489 e. The van der Waals surface area contributed by atoms with Crippen LogP contribution in [0.4, 0.5) is 0 Å². The third-order valence-corrected chi connectivity index (χ3v) is 3.71. The van der Waals surface area contributed by atoms with Crippen LogP contribution in [0.15, 0.2) is 54.6 Å². The fourth-order valence-corrected chi connectivity index (χ4v) is 2.27. The van der Waals surface area contributed by atoms with Gasteiger partial charge in [-0.3, -0.25) is 0 Å². The Kier molecular flexibility index (Phi) is 3.83. The molecule has 0 N–H and O–H groups in total. The van der Waals surface area contributed by atoms with Crippen LogP contribution < -0.4 is 4.74 Å². The second-order valence-electron chi connectivity index (χ2n) is 5.40. The summed E-state index contributed by atoms with van der Waals surface area (Å²) in [5, 5.41) is 0. The molecule has 98 valence electrons. The fraction of sp³-hybridized carbons (Fsp3) is 0.333. The Bertz CT molecular complexity index is 497. The van der Waals surface area contributed by atoms with Gasteiger partial charge in [0.25, 0.3) is 0 Å². The quantitative estimate of drug-likeness (QED) is 0.729. The molecule has 0 saturated heterocycles. The first kappa shape index (κ1) is 12.3. The summed E-state index contributed by atoms with van der Waals surface area (Å²) >= 11 is 0. The first-order valence-electron chi connectivity index (χ1n) is 7.16. The molecule has 0 heterocycles. The number of benzene rings is 2. The van der Waals surface area contributed by atoms with Crippen LogP contribution in [0.5, 0.6) is 5.75 Å². The molecular weight excluding hydrogens is 232 g/mol. The molecule has 0 aromatic heterocycles. The lowest BCUT2D eigenvalue weighted by atomic mass is 10.1. The van der Waals surface area contributed by atoms with Gasteiger partial charge in [0.15, 0.2) is 0 Å². The molecule has 3 rings (SSSR count). The lowest BCUT2D eigenvalue weighted by Gasteiger charge is -2.07. The molecular formula is C18H20O. The van der Waals surface area contributed by atoms with Crippen LogP contribution in [0.3, 0.4) is 0 Å². The molecule has 0 aliphatic heterocycles. The number of aryl methyl sites for hydroxylation is 1. The molecule has 1 aliphatic carbocycles. The topological polar surface area (TPSA) is 9.23 Å². The molecule has 0 amide bonds. The van der Waals surface area contributed by atoms with Crippen molar-refractivity contribution in [3.05, 3.63) is 65.7 Å². The van der Waals surface area contributed by atoms with Crippen LogP contribution >= 0.6 is 0 Å². The molecule has 0 spiro atoms. The van der Waals surface area contributed by atoms with Gasteiger partial charge < -0.3 is 4.74 Å². The minimum atomic E-state index is 0.641. The van der Waals surface area contributed by atoms with Crippen molar-refractivity contribution in [2.24, 2.45) is 5.92 Å². The van der Waals surface area contributed by atoms with Crippen molar-refractivity contribution in [2.75, 3.05) is 0 Å². The summed E-state index contributed by atoms with van der Waals surface area (Å²) in [7, 11) is 0. The maximum absolute atomic E-state index is 5.78. The van der Waals surface area contributed by atoms with Gasteiger partial charge in [-0.05, 0) is 42.0 Å². The summed E-state index contributed by atoms with van der Waals surface area (Å²) in [4.78, 5) is 0. The maximum Gasteiger partial charge on any atom is 0.119 e. The molecule has 2 aromatic carbocycles. The Hall–Kier alpha value is -1.76. The van der Waals surface area contributed by atoms with E-state index in [1.54, 1.807) is 0 Å². The standard InChI is InChI=1S/C18H20O/c1-2-4-17(5-3-1)14-19-18-12-10-16(11-13-18)9-8-15-6-7-15/h1-5,10-13,15H,6-9,14H2. The van der Waals surface area contributed by atoms with Gasteiger partial charge in [0.05, 0.1) is 0 Å². The summed E-state index contributed by atoms with van der Waals surface area (Å²) < 4.78 is 5.78. The zero-order chi connectivity index (χ0) is 12.9. The lowest BCUT2D eigenvalue weighted by molar-refractivity contribution is 0.306. The van der Waals surface area contributed by atoms with E-state index in [1.165, 1.54) is 36.8 Å². The molecule has 0 radical (unpaired) electrons. The van der Waals surface area contributed by atoms with E-state index in [4.69, 9.17) is 4.74 Å². The molecule has 19 heavy (non-hydrogen) atoms. The van der Waals surface area contributed by atoms with Crippen LogP contribution in [0.1, 0.15) is 30.4 Å². The van der Waals surface area contributed by atoms with Crippen molar-refractivity contribution in [2.45, 2.75) is 32.3 Å². The van der Waals surface area contributed by atoms with Crippen LogP contribution in [0.25, 0.3) is 0 Å². The number of hydrogen-bond donors (Lipinski definition) is 0. The Balaban J connectivity index is 1.50. The smallest absolute Gasteiger partial charge is 0.119 e. The average Bonchev–Trinajstić information content (AvgIpc) is 3.29. The summed E-state index contributed by atoms with van der Waals surface area (Å²) in [6.07, 6.45) is 5.45. The van der Waals surface area contributed by atoms with E-state index in [2.05, 4.69) is 36.4 Å². The van der Waals surface area contributed by atoms with Crippen LogP contribution in [0.2, 0.25) is 0 Å². The van der Waals surface area contributed by atoms with Gasteiger partial charge in [-0.15, -0.1) is 0 Å². The van der Waals surface area contributed by atoms with E-state index in [9.17, 15) is 0 Å². The third kappa shape index (κ3) is 3.85. The maximum atomic E-state index is 5.78.